The maximum absolute atomic E-state index is 11.5. The second-order valence-electron chi connectivity index (χ2n) is 14.5. The summed E-state index contributed by atoms with van der Waals surface area (Å²) in [6, 6.07) is 13.4. The van der Waals surface area contributed by atoms with E-state index in [0.717, 1.165) is 37.0 Å². The molecule has 0 fully saturated rings. The molecule has 5 aromatic heterocycles. The van der Waals surface area contributed by atoms with Gasteiger partial charge in [0.15, 0.2) is 0 Å². The van der Waals surface area contributed by atoms with Crippen LogP contribution in [0.15, 0.2) is 45.3 Å². The molecule has 5 aromatic rings. The zero-order valence-corrected chi connectivity index (χ0v) is 39.1. The van der Waals surface area contributed by atoms with E-state index in [4.69, 9.17) is 0 Å². The number of halogens is 2. The van der Waals surface area contributed by atoms with Crippen molar-refractivity contribution in [3.8, 4) is 9.31 Å². The second kappa shape index (κ2) is 17.5. The van der Waals surface area contributed by atoms with E-state index in [1.54, 1.807) is 26.7 Å². The maximum atomic E-state index is 11.5. The number of hydrogen-bond donors (Lipinski definition) is 2. The Morgan fingerprint density at radius 1 is 0.708 bits per heavy atom. The van der Waals surface area contributed by atoms with Crippen LogP contribution in [0.3, 0.4) is 0 Å². The van der Waals surface area contributed by atoms with Crippen molar-refractivity contribution in [1.82, 2.24) is 0 Å². The second-order valence-corrected chi connectivity index (χ2v) is 30.3. The van der Waals surface area contributed by atoms with Gasteiger partial charge in [-0.3, -0.25) is 0 Å². The fraction of sp³-hybridized carbons (Fsp3) is 0.526. The quantitative estimate of drug-likeness (QED) is 0.0720. The molecule has 2 nitrogen and oxygen atoms in total. The predicted octanol–water partition coefficient (Wildman–Crippen LogP) is 12.7. The van der Waals surface area contributed by atoms with Gasteiger partial charge in [-0.2, -0.15) is 0 Å². The number of unbranched alkanes of at least 4 members (excludes halogenated alkanes) is 9. The number of rotatable bonds is 17. The normalized spacial score (nSPS) is 14.0. The van der Waals surface area contributed by atoms with Gasteiger partial charge in [-0.1, -0.05) is 26.2 Å². The number of hydrogen-bond acceptors (Lipinski definition) is 5. The summed E-state index contributed by atoms with van der Waals surface area (Å²) >= 11 is 13.1. The third-order valence-corrected chi connectivity index (χ3v) is 29.8. The molecule has 0 spiro atoms. The molecule has 0 aliphatic rings. The number of aryl methyl sites for hydroxylation is 1. The zero-order chi connectivity index (χ0) is 34.6. The molecular formula is C38H50Br2O2S3Se2Si. The average molecular weight is 981 g/mol. The first kappa shape index (κ1) is 39.7. The van der Waals surface area contributed by atoms with E-state index in [2.05, 4.69) is 109 Å². The minimum absolute atomic E-state index is 0.0778. The van der Waals surface area contributed by atoms with Crippen LogP contribution in [-0.4, -0.2) is 47.3 Å². The van der Waals surface area contributed by atoms with Gasteiger partial charge in [0.05, 0.1) is 0 Å². The van der Waals surface area contributed by atoms with Crippen molar-refractivity contribution < 1.29 is 10.2 Å². The Bertz CT molecular complexity index is 1740. The summed E-state index contributed by atoms with van der Waals surface area (Å²) in [5, 5.41) is 23.3. The Labute approximate surface area is 330 Å². The minimum atomic E-state index is -1.63. The average Bonchev–Trinajstić information content (AvgIpc) is 3.85. The van der Waals surface area contributed by atoms with Gasteiger partial charge in [-0.15, -0.1) is 0 Å². The van der Waals surface area contributed by atoms with E-state index in [-0.39, 0.29) is 34.0 Å². The van der Waals surface area contributed by atoms with Crippen LogP contribution in [-0.2, 0) is 6.42 Å². The van der Waals surface area contributed by atoms with Gasteiger partial charge in [0.2, 0.25) is 0 Å². The third-order valence-electron chi connectivity index (χ3n) is 9.88. The molecule has 0 aromatic carbocycles. The summed E-state index contributed by atoms with van der Waals surface area (Å²) in [5.74, 6) is 0. The Morgan fingerprint density at radius 3 is 1.79 bits per heavy atom. The van der Waals surface area contributed by atoms with Crippen LogP contribution in [0.2, 0.25) is 18.1 Å². The third kappa shape index (κ3) is 9.51. The molecule has 262 valence electrons. The number of fused-ring (bicyclic) bond motifs is 1. The molecule has 0 saturated carbocycles. The van der Waals surface area contributed by atoms with Gasteiger partial charge in [0.25, 0.3) is 0 Å². The molecular weight excluding hydrogens is 930 g/mol. The predicted molar refractivity (Wildman–Crippen MR) is 226 cm³/mol. The Hall–Kier alpha value is 0.456. The van der Waals surface area contributed by atoms with E-state index in [9.17, 15) is 10.2 Å². The molecule has 2 atom stereocenters. The summed E-state index contributed by atoms with van der Waals surface area (Å²) in [7, 11) is -1.63. The molecule has 48 heavy (non-hydrogen) atoms. The zero-order valence-electron chi connectivity index (χ0n) is 29.1. The van der Waals surface area contributed by atoms with Gasteiger partial charge < -0.3 is 0 Å². The van der Waals surface area contributed by atoms with Gasteiger partial charge in [-0.05, 0) is 0 Å². The molecule has 0 bridgehead atoms. The van der Waals surface area contributed by atoms with Crippen LogP contribution < -0.4 is 4.06 Å². The fourth-order valence-electron chi connectivity index (χ4n) is 5.77. The molecule has 0 saturated heterocycles. The molecule has 5 heterocycles. The van der Waals surface area contributed by atoms with Crippen LogP contribution in [0.1, 0.15) is 128 Å². The SMILES string of the molecule is CCCCCCCCCCCCc1ccc(-c2cc(Br)c(C(O)c3cc4sc(C(O)c5[se]c([Si](C)(C)C(C)(C)C)cc5Br)cc4s3)[se]2)s1. The van der Waals surface area contributed by atoms with Crippen LogP contribution in [0, 0.1) is 0 Å². The van der Waals surface area contributed by atoms with Crippen molar-refractivity contribution >= 4 is 116 Å². The van der Waals surface area contributed by atoms with E-state index in [1.807, 2.05) is 11.3 Å². The van der Waals surface area contributed by atoms with Crippen molar-refractivity contribution in [3.05, 3.63) is 68.8 Å². The van der Waals surface area contributed by atoms with E-state index in [0.29, 0.717) is 0 Å². The van der Waals surface area contributed by atoms with E-state index < -0.39 is 20.3 Å². The molecule has 0 aliphatic heterocycles. The van der Waals surface area contributed by atoms with Crippen LogP contribution in [0.5, 0.6) is 0 Å². The summed E-state index contributed by atoms with van der Waals surface area (Å²) in [4.78, 5) is 4.82. The van der Waals surface area contributed by atoms with Gasteiger partial charge >= 0.3 is 307 Å². The Balaban J connectivity index is 1.18. The standard InChI is InChI=1S/C38H50Br2O2S3Se2Si/c1-7-8-9-10-11-12-13-14-15-16-17-24-18-19-27(43-24)32-20-25(39)36(46-32)34(41)30-22-28-29(44-30)23-31(45-28)35(42)37-26(40)21-33(47-37)48(5,6)38(2,3)4/h18-23,34-35,41-42H,7-17H2,1-6H3. The van der Waals surface area contributed by atoms with Crippen molar-refractivity contribution in [1.29, 1.82) is 0 Å². The molecule has 5 rings (SSSR count). The summed E-state index contributed by atoms with van der Waals surface area (Å²) in [6.07, 6.45) is 13.7. The van der Waals surface area contributed by atoms with Crippen molar-refractivity contribution in [3.63, 3.8) is 0 Å². The van der Waals surface area contributed by atoms with E-state index in [1.165, 1.54) is 84.8 Å². The van der Waals surface area contributed by atoms with Crippen molar-refractivity contribution in [2.75, 3.05) is 0 Å². The molecule has 0 aliphatic carbocycles. The van der Waals surface area contributed by atoms with Crippen LogP contribution in [0.4, 0.5) is 0 Å². The van der Waals surface area contributed by atoms with Crippen molar-refractivity contribution in [2.45, 2.75) is 129 Å². The topological polar surface area (TPSA) is 40.5 Å². The molecule has 0 radical (unpaired) electrons. The van der Waals surface area contributed by atoms with Gasteiger partial charge in [0.1, 0.15) is 0 Å². The monoisotopic (exact) mass is 980 g/mol. The first-order valence-corrected chi connectivity index (χ1v) is 27.8. The molecule has 0 amide bonds. The van der Waals surface area contributed by atoms with Crippen LogP contribution >= 0.6 is 65.9 Å². The summed E-state index contributed by atoms with van der Waals surface area (Å²) in [5.41, 5.74) is 0. The van der Waals surface area contributed by atoms with Crippen molar-refractivity contribution in [2.24, 2.45) is 0 Å². The number of thiophene rings is 3. The Kier molecular flexibility index (Phi) is 14.5. The molecule has 2 N–H and O–H groups in total. The van der Waals surface area contributed by atoms with Gasteiger partial charge in [0, 0.05) is 0 Å². The first-order chi connectivity index (χ1) is 22.8. The van der Waals surface area contributed by atoms with Gasteiger partial charge in [-0.25, -0.2) is 0 Å². The van der Waals surface area contributed by atoms with E-state index >= 15 is 0 Å². The molecule has 10 heteroatoms. The summed E-state index contributed by atoms with van der Waals surface area (Å²) < 4.78 is 9.55. The van der Waals surface area contributed by atoms with Crippen LogP contribution in [0.25, 0.3) is 18.7 Å². The number of aliphatic hydroxyl groups is 2. The first-order valence-electron chi connectivity index (χ1n) is 17.4. The summed E-state index contributed by atoms with van der Waals surface area (Å²) in [6.45, 7) is 14.3. The Morgan fingerprint density at radius 2 is 1.23 bits per heavy atom. The molecule has 2 unspecified atom stereocenters. The number of aliphatic hydroxyl groups excluding tert-OH is 2. The fourth-order valence-corrected chi connectivity index (χ4v) is 21.9.